The van der Waals surface area contributed by atoms with Gasteiger partial charge in [0.2, 0.25) is 5.91 Å². The lowest BCUT2D eigenvalue weighted by molar-refractivity contribution is -0.137. The maximum Gasteiger partial charge on any atom is 0.305 e. The van der Waals surface area contributed by atoms with Crippen LogP contribution in [0.2, 0.25) is 0 Å². The smallest absolute Gasteiger partial charge is 0.305 e. The third-order valence-electron chi connectivity index (χ3n) is 3.28. The highest BCUT2D eigenvalue weighted by Gasteiger charge is 2.18. The molecule has 0 fully saturated rings. The van der Waals surface area contributed by atoms with E-state index in [1.165, 1.54) is 11.3 Å². The summed E-state index contributed by atoms with van der Waals surface area (Å²) in [5.41, 5.74) is 0.744. The van der Waals surface area contributed by atoms with Gasteiger partial charge in [0.25, 0.3) is 0 Å². The lowest BCUT2D eigenvalue weighted by Gasteiger charge is -2.18. The molecule has 0 aliphatic heterocycles. The monoisotopic (exact) mass is 347 g/mol. The minimum Gasteiger partial charge on any atom is -0.491 e. The first-order chi connectivity index (χ1) is 11.4. The molecule has 2 N–H and O–H groups in total. The van der Waals surface area contributed by atoms with E-state index < -0.39 is 12.0 Å². The molecular formula is C18H21NO4S. The Kier molecular flexibility index (Phi) is 6.37. The number of hydrogen-bond acceptors (Lipinski definition) is 4. The van der Waals surface area contributed by atoms with E-state index in [0.717, 1.165) is 10.4 Å². The van der Waals surface area contributed by atoms with Gasteiger partial charge in [-0.25, -0.2) is 0 Å². The van der Waals surface area contributed by atoms with Crippen LogP contribution in [0.4, 0.5) is 0 Å². The summed E-state index contributed by atoms with van der Waals surface area (Å²) in [6.45, 7) is 3.87. The lowest BCUT2D eigenvalue weighted by atomic mass is 10.0. The van der Waals surface area contributed by atoms with Crippen LogP contribution >= 0.6 is 11.3 Å². The Morgan fingerprint density at radius 3 is 2.46 bits per heavy atom. The molecule has 0 radical (unpaired) electrons. The van der Waals surface area contributed by atoms with Crippen molar-refractivity contribution in [1.29, 1.82) is 0 Å². The van der Waals surface area contributed by atoms with Gasteiger partial charge in [0, 0.05) is 4.88 Å². The number of rotatable bonds is 8. The second kappa shape index (κ2) is 8.49. The molecule has 1 heterocycles. The molecule has 128 valence electrons. The van der Waals surface area contributed by atoms with E-state index in [1.807, 2.05) is 31.4 Å². The predicted molar refractivity (Wildman–Crippen MR) is 93.4 cm³/mol. The van der Waals surface area contributed by atoms with E-state index >= 15 is 0 Å². The number of hydrogen-bond donors (Lipinski definition) is 2. The Bertz CT molecular complexity index is 665. The van der Waals surface area contributed by atoms with Crippen molar-refractivity contribution >= 4 is 23.2 Å². The number of aliphatic carboxylic acids is 1. The third-order valence-corrected chi connectivity index (χ3v) is 4.16. The summed E-state index contributed by atoms with van der Waals surface area (Å²) in [5.74, 6) is -0.433. The second-order valence-corrected chi connectivity index (χ2v) is 6.74. The number of carboxylic acids is 1. The third kappa shape index (κ3) is 5.70. The molecule has 2 rings (SSSR count). The number of carbonyl (C=O) groups is 2. The summed E-state index contributed by atoms with van der Waals surface area (Å²) in [5, 5.41) is 13.8. The van der Waals surface area contributed by atoms with Crippen LogP contribution in [0.1, 0.15) is 36.8 Å². The Labute approximate surface area is 145 Å². The average molecular weight is 347 g/mol. The van der Waals surface area contributed by atoms with Crippen LogP contribution in [0.5, 0.6) is 5.75 Å². The van der Waals surface area contributed by atoms with Gasteiger partial charge < -0.3 is 15.2 Å². The molecule has 24 heavy (non-hydrogen) atoms. The van der Waals surface area contributed by atoms with E-state index in [2.05, 4.69) is 5.32 Å². The van der Waals surface area contributed by atoms with Gasteiger partial charge >= 0.3 is 5.97 Å². The molecule has 0 saturated heterocycles. The minimum atomic E-state index is -0.959. The van der Waals surface area contributed by atoms with Crippen molar-refractivity contribution in [2.45, 2.75) is 38.8 Å². The van der Waals surface area contributed by atoms with E-state index in [1.54, 1.807) is 24.3 Å². The maximum absolute atomic E-state index is 12.2. The summed E-state index contributed by atoms with van der Waals surface area (Å²) < 4.78 is 5.58. The van der Waals surface area contributed by atoms with Crippen molar-refractivity contribution in [3.8, 4) is 5.75 Å². The van der Waals surface area contributed by atoms with Crippen molar-refractivity contribution in [1.82, 2.24) is 5.32 Å². The summed E-state index contributed by atoms with van der Waals surface area (Å²) in [6, 6.07) is 10.4. The van der Waals surface area contributed by atoms with E-state index in [9.17, 15) is 9.59 Å². The van der Waals surface area contributed by atoms with Gasteiger partial charge in [-0.2, -0.15) is 0 Å². The molecule has 5 nitrogen and oxygen atoms in total. The molecule has 0 aliphatic carbocycles. The van der Waals surface area contributed by atoms with E-state index in [-0.39, 0.29) is 24.9 Å². The van der Waals surface area contributed by atoms with Crippen molar-refractivity contribution in [3.63, 3.8) is 0 Å². The molecule has 1 atom stereocenters. The molecule has 0 aliphatic rings. The van der Waals surface area contributed by atoms with Crippen molar-refractivity contribution in [2.75, 3.05) is 0 Å². The Hall–Kier alpha value is -2.34. The van der Waals surface area contributed by atoms with E-state index in [4.69, 9.17) is 9.84 Å². The first-order valence-corrected chi connectivity index (χ1v) is 8.62. The molecule has 0 bridgehead atoms. The number of nitrogens with one attached hydrogen (secondary N) is 1. The minimum absolute atomic E-state index is 0.0659. The van der Waals surface area contributed by atoms with Crippen LogP contribution < -0.4 is 10.1 Å². The zero-order chi connectivity index (χ0) is 17.5. The zero-order valence-corrected chi connectivity index (χ0v) is 14.5. The largest absolute Gasteiger partial charge is 0.491 e. The Morgan fingerprint density at radius 1 is 1.21 bits per heavy atom. The van der Waals surface area contributed by atoms with E-state index in [0.29, 0.717) is 5.75 Å². The van der Waals surface area contributed by atoms with Crippen LogP contribution in [0.15, 0.2) is 41.8 Å². The maximum atomic E-state index is 12.2. The van der Waals surface area contributed by atoms with Crippen LogP contribution in [0.25, 0.3) is 0 Å². The first kappa shape index (κ1) is 18.0. The molecule has 6 heteroatoms. The lowest BCUT2D eigenvalue weighted by Crippen LogP contribution is -2.31. The van der Waals surface area contributed by atoms with Gasteiger partial charge in [0.15, 0.2) is 0 Å². The average Bonchev–Trinajstić information content (AvgIpc) is 2.99. The highest BCUT2D eigenvalue weighted by molar-refractivity contribution is 7.10. The summed E-state index contributed by atoms with van der Waals surface area (Å²) in [4.78, 5) is 24.2. The van der Waals surface area contributed by atoms with Gasteiger partial charge in [-0.05, 0) is 43.0 Å². The fraction of sp³-hybridized carbons (Fsp3) is 0.333. The van der Waals surface area contributed by atoms with Crippen molar-refractivity contribution < 1.29 is 19.4 Å². The standard InChI is InChI=1S/C18H21NO4S/c1-12(2)23-14-7-5-13(6-8-14)16(11-18(21)22)19-17(20)10-15-4-3-9-24-15/h3-9,12,16H,10-11H2,1-2H3,(H,19,20)(H,21,22). The number of carbonyl (C=O) groups excluding carboxylic acids is 1. The highest BCUT2D eigenvalue weighted by Crippen LogP contribution is 2.22. The summed E-state index contributed by atoms with van der Waals surface area (Å²) in [7, 11) is 0. The van der Waals surface area contributed by atoms with Crippen LogP contribution in [-0.4, -0.2) is 23.1 Å². The quantitative estimate of drug-likeness (QED) is 0.767. The molecule has 1 aromatic heterocycles. The first-order valence-electron chi connectivity index (χ1n) is 7.74. The molecule has 0 saturated carbocycles. The Balaban J connectivity index is 2.06. The molecule has 1 aromatic carbocycles. The number of thiophene rings is 1. The Morgan fingerprint density at radius 2 is 1.92 bits per heavy atom. The highest BCUT2D eigenvalue weighted by atomic mass is 32.1. The number of carboxylic acid groups (broad SMARTS) is 1. The van der Waals surface area contributed by atoms with Crippen molar-refractivity contribution in [3.05, 3.63) is 52.2 Å². The summed E-state index contributed by atoms with van der Waals surface area (Å²) >= 11 is 1.50. The van der Waals surface area contributed by atoms with Crippen LogP contribution in [-0.2, 0) is 16.0 Å². The zero-order valence-electron chi connectivity index (χ0n) is 13.7. The van der Waals surface area contributed by atoms with Gasteiger partial charge in [-0.3, -0.25) is 9.59 Å². The van der Waals surface area contributed by atoms with Crippen molar-refractivity contribution in [2.24, 2.45) is 0 Å². The fourth-order valence-electron chi connectivity index (χ4n) is 2.29. The van der Waals surface area contributed by atoms with Crippen LogP contribution in [0, 0.1) is 0 Å². The van der Waals surface area contributed by atoms with Gasteiger partial charge in [0.1, 0.15) is 5.75 Å². The predicted octanol–water partition coefficient (Wildman–Crippen LogP) is 3.41. The molecule has 2 aromatic rings. The second-order valence-electron chi connectivity index (χ2n) is 5.71. The summed E-state index contributed by atoms with van der Waals surface area (Å²) in [6.07, 6.45) is 0.152. The number of amides is 1. The molecular weight excluding hydrogens is 326 g/mol. The normalized spacial score (nSPS) is 12.0. The number of benzene rings is 1. The molecule has 0 spiro atoms. The fourth-order valence-corrected chi connectivity index (χ4v) is 3.00. The van der Waals surface area contributed by atoms with Gasteiger partial charge in [0.05, 0.1) is 25.0 Å². The SMILES string of the molecule is CC(C)Oc1ccc(C(CC(=O)O)NC(=O)Cc2cccs2)cc1. The molecule has 1 amide bonds. The topological polar surface area (TPSA) is 75.6 Å². The van der Waals surface area contributed by atoms with Crippen LogP contribution in [0.3, 0.4) is 0 Å². The van der Waals surface area contributed by atoms with Gasteiger partial charge in [-0.15, -0.1) is 11.3 Å². The number of ether oxygens (including phenoxy) is 1. The molecule has 1 unspecified atom stereocenters. The van der Waals surface area contributed by atoms with Gasteiger partial charge in [-0.1, -0.05) is 18.2 Å².